The number of hydrogen-bond acceptors (Lipinski definition) is 7. The number of allylic oxidation sites excluding steroid dienone is 2. The van der Waals surface area contributed by atoms with Crippen LogP contribution in [0.1, 0.15) is 142 Å². The molecule has 1 heterocycles. The average Bonchev–Trinajstić information content (AvgIpc) is 3.49. The number of nitrogen functional groups attached to an aromatic ring is 1. The van der Waals surface area contributed by atoms with Crippen molar-refractivity contribution in [3.63, 3.8) is 0 Å². The number of benzene rings is 2. The number of rotatable bonds is 9. The van der Waals surface area contributed by atoms with Gasteiger partial charge in [-0.05, 0) is 165 Å². The minimum absolute atomic E-state index is 0.0546. The zero-order valence-electron chi connectivity index (χ0n) is 35.8. The molecule has 5 N–H and O–H groups in total. The molecule has 2 aromatic carbocycles. The second-order valence-corrected chi connectivity index (χ2v) is 21.8. The fraction of sp³-hybridized carbons (Fsp3) is 0.680. The van der Waals surface area contributed by atoms with E-state index in [0.29, 0.717) is 48.8 Å². The van der Waals surface area contributed by atoms with Gasteiger partial charge in [-0.1, -0.05) is 71.7 Å². The second kappa shape index (κ2) is 13.0. The first-order chi connectivity index (χ1) is 26.8. The number of nitrogens with two attached hydrogens (primary N) is 1. The molecule has 0 unspecified atom stereocenters. The number of ketones is 2. The van der Waals surface area contributed by atoms with Gasteiger partial charge in [-0.3, -0.25) is 9.59 Å². The van der Waals surface area contributed by atoms with Crippen molar-refractivity contribution in [2.24, 2.45) is 51.2 Å². The van der Waals surface area contributed by atoms with Crippen LogP contribution in [0, 0.1) is 51.2 Å². The van der Waals surface area contributed by atoms with Gasteiger partial charge >= 0.3 is 0 Å². The van der Waals surface area contributed by atoms with Crippen molar-refractivity contribution in [1.82, 2.24) is 5.32 Å². The van der Waals surface area contributed by atoms with Crippen LogP contribution < -0.4 is 11.1 Å². The lowest BCUT2D eigenvalue weighted by Crippen LogP contribution is -2.67. The van der Waals surface area contributed by atoms with Crippen LogP contribution in [0.25, 0.3) is 0 Å². The zero-order chi connectivity index (χ0) is 40.7. The molecule has 0 radical (unpaired) electrons. The topological polar surface area (TPSA) is 125 Å². The summed E-state index contributed by atoms with van der Waals surface area (Å²) >= 11 is 0. The Bertz CT molecular complexity index is 2040. The van der Waals surface area contributed by atoms with Crippen LogP contribution in [-0.4, -0.2) is 46.6 Å². The van der Waals surface area contributed by atoms with Gasteiger partial charge in [-0.15, -0.1) is 0 Å². The number of aliphatic hydroxyl groups excluding tert-OH is 1. The van der Waals surface area contributed by atoms with E-state index >= 15 is 4.79 Å². The summed E-state index contributed by atoms with van der Waals surface area (Å²) in [5.74, 6) is 2.50. The molecule has 6 saturated carbocycles. The molecule has 2 aromatic rings. The van der Waals surface area contributed by atoms with Gasteiger partial charge in [0, 0.05) is 29.5 Å². The van der Waals surface area contributed by atoms with Crippen LogP contribution >= 0.6 is 0 Å². The smallest absolute Gasteiger partial charge is 0.159 e. The van der Waals surface area contributed by atoms with E-state index in [4.69, 9.17) is 10.5 Å². The number of Topliss-reactive ketones (excluding diaryl/α,β-unsaturated/α-hetero) is 2. The van der Waals surface area contributed by atoms with Crippen molar-refractivity contribution in [2.45, 2.75) is 155 Å². The fourth-order valence-corrected chi connectivity index (χ4v) is 16.5. The molecule has 0 aromatic heterocycles. The first-order valence-corrected chi connectivity index (χ1v) is 22.3. The van der Waals surface area contributed by atoms with Crippen LogP contribution in [0.15, 0.2) is 53.6 Å². The average molecular weight is 777 g/mol. The second-order valence-electron chi connectivity index (χ2n) is 21.8. The molecule has 13 atom stereocenters. The van der Waals surface area contributed by atoms with Crippen LogP contribution in [0.3, 0.4) is 0 Å². The van der Waals surface area contributed by atoms with Crippen molar-refractivity contribution in [3.8, 4) is 5.75 Å². The monoisotopic (exact) mass is 777 g/mol. The zero-order valence-corrected chi connectivity index (χ0v) is 35.8. The lowest BCUT2D eigenvalue weighted by atomic mass is 9.33. The quantitative estimate of drug-likeness (QED) is 0.148. The highest BCUT2D eigenvalue weighted by Crippen LogP contribution is 2.78. The minimum Gasteiger partial charge on any atom is -0.508 e. The fourth-order valence-electron chi connectivity index (χ4n) is 16.5. The normalized spacial score (nSPS) is 42.8. The number of ether oxygens (including phenoxy) is 1. The molecule has 7 fully saturated rings. The first-order valence-electron chi connectivity index (χ1n) is 22.3. The predicted molar refractivity (Wildman–Crippen MR) is 224 cm³/mol. The van der Waals surface area contributed by atoms with Crippen molar-refractivity contribution in [1.29, 1.82) is 0 Å². The SMILES string of the molecule is CNCc1cc(O)cc([C@]23CC[C@@H]4C[C@@]5(C)[C@H](CCC6=C([C@H](C)C[C@@H](O)[C@H]7O[C@]7(C)[C@@H]7CCC[C@H]7c7cccc(N)c7)C(=O)C[C@@]65C)[C@](C)(C2)[C@@H]4C(C)(C)C3=O)c1. The summed E-state index contributed by atoms with van der Waals surface area (Å²) in [6, 6.07) is 14.2. The number of aromatic hydroxyl groups is 1. The van der Waals surface area contributed by atoms with Gasteiger partial charge in [0.15, 0.2) is 5.78 Å². The van der Waals surface area contributed by atoms with Crippen LogP contribution in [-0.2, 0) is 26.3 Å². The van der Waals surface area contributed by atoms with Crippen molar-refractivity contribution in [3.05, 3.63) is 70.3 Å². The standard InChI is InChI=1S/C50H68N2O5/c1-28(19-38(54)43-49(7,57-43)36-14-10-13-35(36)30-11-9-12-33(51)22-30)41-37-15-16-40-46(4)27-50(32-20-29(26-52-8)21-34(53)23-32)18-17-31(42(46)45(2,3)44(50)56)24-48(40,6)47(37,5)25-39(41)55/h9,11-12,20-23,28,31,35-36,38,40,42-43,52-54H,10,13-19,24-27,51H2,1-8H3/t28-,31-,35+,36-,38-,40-,42+,43-,46+,47+,48+,49-,50+/m1/s1. The highest BCUT2D eigenvalue weighted by atomic mass is 16.6. The summed E-state index contributed by atoms with van der Waals surface area (Å²) in [5.41, 5.74) is 10.6. The van der Waals surface area contributed by atoms with Crippen LogP contribution in [0.2, 0.25) is 0 Å². The van der Waals surface area contributed by atoms with E-state index < -0.39 is 16.9 Å². The van der Waals surface area contributed by atoms with E-state index in [2.05, 4.69) is 72.0 Å². The van der Waals surface area contributed by atoms with Gasteiger partial charge in [-0.2, -0.15) is 0 Å². The molecular formula is C50H68N2O5. The maximum absolute atomic E-state index is 15.0. The van der Waals surface area contributed by atoms with Crippen LogP contribution in [0.5, 0.6) is 5.75 Å². The molecule has 1 aliphatic heterocycles. The molecule has 1 saturated heterocycles. The number of phenols is 1. The Morgan fingerprint density at radius 3 is 2.51 bits per heavy atom. The van der Waals surface area contributed by atoms with Gasteiger partial charge in [0.2, 0.25) is 0 Å². The molecule has 0 spiro atoms. The third-order valence-electron chi connectivity index (χ3n) is 18.4. The molecular weight excluding hydrogens is 709 g/mol. The van der Waals surface area contributed by atoms with Gasteiger partial charge in [0.1, 0.15) is 17.6 Å². The number of nitrogens with one attached hydrogen (secondary N) is 1. The molecule has 7 nitrogen and oxygen atoms in total. The number of aliphatic hydroxyl groups is 1. The Balaban J connectivity index is 1.00. The predicted octanol–water partition coefficient (Wildman–Crippen LogP) is 9.19. The largest absolute Gasteiger partial charge is 0.508 e. The van der Waals surface area contributed by atoms with Crippen molar-refractivity contribution >= 4 is 17.3 Å². The molecule has 4 bridgehead atoms. The Hall–Kier alpha value is -3.00. The molecule has 8 aliphatic rings. The van der Waals surface area contributed by atoms with Crippen molar-refractivity contribution in [2.75, 3.05) is 12.8 Å². The number of phenolic OH excluding ortho intramolecular Hbond substituents is 1. The number of carbonyl (C=O) groups is 2. The summed E-state index contributed by atoms with van der Waals surface area (Å²) < 4.78 is 6.49. The Morgan fingerprint density at radius 1 is 1.00 bits per heavy atom. The maximum Gasteiger partial charge on any atom is 0.159 e. The molecule has 7 aliphatic carbocycles. The van der Waals surface area contributed by atoms with E-state index in [-0.39, 0.29) is 51.3 Å². The third kappa shape index (κ3) is 5.45. The molecule has 10 rings (SSSR count). The molecule has 57 heavy (non-hydrogen) atoms. The van der Waals surface area contributed by atoms with E-state index in [1.54, 1.807) is 0 Å². The number of carbonyl (C=O) groups excluding carboxylic acids is 2. The lowest BCUT2D eigenvalue weighted by molar-refractivity contribution is -0.201. The Kier molecular flexibility index (Phi) is 9.00. The minimum atomic E-state index is -0.652. The molecule has 0 amide bonds. The van der Waals surface area contributed by atoms with Crippen LogP contribution in [0.4, 0.5) is 5.69 Å². The maximum atomic E-state index is 15.0. The van der Waals surface area contributed by atoms with Crippen molar-refractivity contribution < 1.29 is 24.5 Å². The molecule has 7 heteroatoms. The molecule has 308 valence electrons. The van der Waals surface area contributed by atoms with E-state index in [9.17, 15) is 15.0 Å². The summed E-state index contributed by atoms with van der Waals surface area (Å²) in [4.78, 5) is 29.5. The van der Waals surface area contributed by atoms with Gasteiger partial charge in [0.05, 0.1) is 17.1 Å². The number of fused-ring (bicyclic) bond motifs is 5. The van der Waals surface area contributed by atoms with Gasteiger partial charge < -0.3 is 26.0 Å². The Morgan fingerprint density at radius 2 is 1.77 bits per heavy atom. The third-order valence-corrected chi connectivity index (χ3v) is 18.4. The van der Waals surface area contributed by atoms with E-state index in [1.807, 2.05) is 31.3 Å². The van der Waals surface area contributed by atoms with Gasteiger partial charge in [0.25, 0.3) is 0 Å². The highest BCUT2D eigenvalue weighted by Gasteiger charge is 2.74. The first kappa shape index (κ1) is 39.5. The summed E-state index contributed by atoms with van der Waals surface area (Å²) in [5, 5.41) is 26.1. The lowest BCUT2D eigenvalue weighted by Gasteiger charge is -2.70. The number of epoxide rings is 1. The van der Waals surface area contributed by atoms with E-state index in [0.717, 1.165) is 80.2 Å². The summed E-state index contributed by atoms with van der Waals surface area (Å²) in [7, 11) is 1.92. The van der Waals surface area contributed by atoms with E-state index in [1.165, 1.54) is 11.1 Å². The number of hydrogen-bond donors (Lipinski definition) is 4. The summed E-state index contributed by atoms with van der Waals surface area (Å²) in [6.45, 7) is 16.9. The highest BCUT2D eigenvalue weighted by molar-refractivity contribution is 6.01. The Labute approximate surface area is 341 Å². The van der Waals surface area contributed by atoms with Gasteiger partial charge in [-0.25, -0.2) is 0 Å². The summed E-state index contributed by atoms with van der Waals surface area (Å²) in [6.07, 6.45) is 9.04. The number of anilines is 1.